The molecule has 0 radical (unpaired) electrons. The van der Waals surface area contributed by atoms with E-state index >= 15 is 0 Å². The molecule has 0 aromatic heterocycles. The van der Waals surface area contributed by atoms with E-state index in [1.807, 2.05) is 0 Å². The summed E-state index contributed by atoms with van der Waals surface area (Å²) in [5.41, 5.74) is -4.79. The van der Waals surface area contributed by atoms with E-state index in [9.17, 15) is 37.8 Å². The Morgan fingerprint density at radius 1 is 0.893 bits per heavy atom. The van der Waals surface area contributed by atoms with Crippen molar-refractivity contribution < 1.29 is 27.4 Å². The Balaban J connectivity index is 2.29. The molecule has 1 N–H and O–H groups in total. The molecule has 0 atom stereocenters. The molecule has 144 valence electrons. The van der Waals surface area contributed by atoms with Crippen molar-refractivity contribution in [1.29, 1.82) is 0 Å². The summed E-state index contributed by atoms with van der Waals surface area (Å²) in [6, 6.07) is 8.62. The summed E-state index contributed by atoms with van der Waals surface area (Å²) < 4.78 is 54.3. The fraction of sp³-hybridized carbons (Fsp3) is 0.0588. The van der Waals surface area contributed by atoms with Crippen molar-refractivity contribution in [3.63, 3.8) is 0 Å². The van der Waals surface area contributed by atoms with Crippen molar-refractivity contribution in [2.75, 3.05) is 5.32 Å². The smallest absolute Gasteiger partial charge is 0.349 e. The molecule has 28 heavy (non-hydrogen) atoms. The van der Waals surface area contributed by atoms with Crippen LogP contribution in [0.5, 0.6) is 0 Å². The molecule has 0 aliphatic carbocycles. The third-order valence-corrected chi connectivity index (χ3v) is 3.95. The summed E-state index contributed by atoms with van der Waals surface area (Å²) in [6.07, 6.45) is -5.12. The molecular formula is C17H9F4N3O4. The van der Waals surface area contributed by atoms with Gasteiger partial charge in [0.2, 0.25) is 0 Å². The van der Waals surface area contributed by atoms with Crippen LogP contribution in [-0.2, 0) is 6.18 Å². The zero-order chi connectivity index (χ0) is 20.6. The summed E-state index contributed by atoms with van der Waals surface area (Å²) >= 11 is 0. The number of hydrogen-bond acceptors (Lipinski definition) is 5. The molecule has 0 bridgehead atoms. The van der Waals surface area contributed by atoms with Gasteiger partial charge < -0.3 is 5.32 Å². The largest absolute Gasteiger partial charge is 0.418 e. The number of fused-ring (bicyclic) bond motifs is 1. The second kappa shape index (κ2) is 6.76. The maximum Gasteiger partial charge on any atom is 0.418 e. The van der Waals surface area contributed by atoms with Gasteiger partial charge in [0.05, 0.1) is 21.5 Å². The van der Waals surface area contributed by atoms with E-state index in [1.165, 1.54) is 24.3 Å². The highest BCUT2D eigenvalue weighted by Crippen LogP contribution is 2.44. The summed E-state index contributed by atoms with van der Waals surface area (Å²) in [6.45, 7) is 0. The summed E-state index contributed by atoms with van der Waals surface area (Å²) in [7, 11) is 0. The number of nitro benzene ring substituents is 2. The number of rotatable bonds is 4. The Hall–Kier alpha value is -3.76. The normalized spacial score (nSPS) is 11.4. The van der Waals surface area contributed by atoms with E-state index in [-0.39, 0.29) is 22.5 Å². The number of halogens is 4. The van der Waals surface area contributed by atoms with Gasteiger partial charge in [0.25, 0.3) is 11.4 Å². The Bertz CT molecular complexity index is 1120. The zero-order valence-electron chi connectivity index (χ0n) is 13.7. The van der Waals surface area contributed by atoms with E-state index in [1.54, 1.807) is 0 Å². The molecule has 0 aliphatic heterocycles. The van der Waals surface area contributed by atoms with Crippen molar-refractivity contribution in [2.24, 2.45) is 0 Å². The van der Waals surface area contributed by atoms with Gasteiger partial charge in [-0.3, -0.25) is 20.2 Å². The molecule has 0 heterocycles. The maximum atomic E-state index is 13.9. The molecule has 0 saturated heterocycles. The Kier molecular flexibility index (Phi) is 4.59. The van der Waals surface area contributed by atoms with Gasteiger partial charge in [-0.05, 0) is 12.1 Å². The molecule has 0 aliphatic rings. The van der Waals surface area contributed by atoms with E-state index in [4.69, 9.17) is 0 Å². The van der Waals surface area contributed by atoms with Crippen LogP contribution in [0.25, 0.3) is 10.8 Å². The fourth-order valence-electron chi connectivity index (χ4n) is 2.72. The second-order valence-electron chi connectivity index (χ2n) is 5.66. The van der Waals surface area contributed by atoms with Gasteiger partial charge in [0.1, 0.15) is 11.5 Å². The maximum absolute atomic E-state index is 13.9. The summed E-state index contributed by atoms with van der Waals surface area (Å²) in [5.74, 6) is -0.629. The van der Waals surface area contributed by atoms with Crippen LogP contribution >= 0.6 is 0 Å². The number of anilines is 2. The van der Waals surface area contributed by atoms with Crippen LogP contribution in [0.2, 0.25) is 0 Å². The Labute approximate surface area is 153 Å². The van der Waals surface area contributed by atoms with Gasteiger partial charge in [0, 0.05) is 22.5 Å². The first kappa shape index (κ1) is 19.0. The lowest BCUT2D eigenvalue weighted by Gasteiger charge is -2.16. The van der Waals surface area contributed by atoms with Crippen molar-refractivity contribution in [3.8, 4) is 0 Å². The second-order valence-corrected chi connectivity index (χ2v) is 5.66. The Morgan fingerprint density at radius 3 is 2.11 bits per heavy atom. The van der Waals surface area contributed by atoms with Gasteiger partial charge in [-0.1, -0.05) is 24.3 Å². The van der Waals surface area contributed by atoms with Crippen molar-refractivity contribution in [3.05, 3.63) is 80.1 Å². The van der Waals surface area contributed by atoms with Gasteiger partial charge >= 0.3 is 6.18 Å². The third-order valence-electron chi connectivity index (χ3n) is 3.95. The summed E-state index contributed by atoms with van der Waals surface area (Å²) in [5, 5.41) is 24.8. The monoisotopic (exact) mass is 395 g/mol. The molecule has 7 nitrogen and oxygen atoms in total. The van der Waals surface area contributed by atoms with Crippen LogP contribution in [0, 0.1) is 26.0 Å². The van der Waals surface area contributed by atoms with E-state index in [0.29, 0.717) is 6.07 Å². The predicted molar refractivity (Wildman–Crippen MR) is 91.9 cm³/mol. The highest BCUT2D eigenvalue weighted by molar-refractivity contribution is 5.97. The number of nitro groups is 2. The standard InChI is InChI=1S/C17H9F4N3O4/c18-13-5-6-14(11-4-2-1-3-10(11)13)22-16-12(17(19,20)21)7-9(23(25)26)8-15(16)24(27)28/h1-8,22H. The van der Waals surface area contributed by atoms with Crippen LogP contribution in [0.1, 0.15) is 5.56 Å². The Morgan fingerprint density at radius 2 is 1.54 bits per heavy atom. The first-order valence-electron chi connectivity index (χ1n) is 7.58. The van der Waals surface area contributed by atoms with Crippen molar-refractivity contribution in [1.82, 2.24) is 0 Å². The van der Waals surface area contributed by atoms with Gasteiger partial charge in [-0.2, -0.15) is 13.2 Å². The van der Waals surface area contributed by atoms with Crippen LogP contribution in [0.4, 0.5) is 40.3 Å². The lowest BCUT2D eigenvalue weighted by atomic mass is 10.1. The van der Waals surface area contributed by atoms with Crippen LogP contribution in [-0.4, -0.2) is 9.85 Å². The minimum Gasteiger partial charge on any atom is -0.349 e. The van der Waals surface area contributed by atoms with Crippen LogP contribution < -0.4 is 5.32 Å². The first-order valence-corrected chi connectivity index (χ1v) is 7.58. The molecule has 11 heteroatoms. The van der Waals surface area contributed by atoms with E-state index in [0.717, 1.165) is 12.1 Å². The van der Waals surface area contributed by atoms with E-state index in [2.05, 4.69) is 5.32 Å². The molecule has 0 spiro atoms. The first-order chi connectivity index (χ1) is 13.1. The molecule has 0 amide bonds. The topological polar surface area (TPSA) is 98.3 Å². The number of nitrogens with zero attached hydrogens (tertiary/aromatic N) is 2. The van der Waals surface area contributed by atoms with Crippen LogP contribution in [0.3, 0.4) is 0 Å². The minimum absolute atomic E-state index is 0.0283. The number of hydrogen-bond donors (Lipinski definition) is 1. The minimum atomic E-state index is -5.12. The van der Waals surface area contributed by atoms with E-state index < -0.39 is 44.5 Å². The highest BCUT2D eigenvalue weighted by atomic mass is 19.4. The van der Waals surface area contributed by atoms with Crippen molar-refractivity contribution in [2.45, 2.75) is 6.18 Å². The third kappa shape index (κ3) is 3.41. The quantitative estimate of drug-likeness (QED) is 0.354. The van der Waals surface area contributed by atoms with Crippen LogP contribution in [0.15, 0.2) is 48.5 Å². The SMILES string of the molecule is O=[N+]([O-])c1cc([N+](=O)[O-])c(Nc2ccc(F)c3ccccc23)c(C(F)(F)F)c1. The zero-order valence-corrected chi connectivity index (χ0v) is 13.7. The van der Waals surface area contributed by atoms with Gasteiger partial charge in [-0.15, -0.1) is 0 Å². The number of nitrogens with one attached hydrogen (secondary N) is 1. The molecular weight excluding hydrogens is 386 g/mol. The lowest BCUT2D eigenvalue weighted by molar-refractivity contribution is -0.394. The number of benzene rings is 3. The van der Waals surface area contributed by atoms with Gasteiger partial charge in [-0.25, -0.2) is 4.39 Å². The summed E-state index contributed by atoms with van der Waals surface area (Å²) in [4.78, 5) is 19.9. The molecule has 3 aromatic rings. The highest BCUT2D eigenvalue weighted by Gasteiger charge is 2.39. The molecule has 3 rings (SSSR count). The van der Waals surface area contributed by atoms with Crippen molar-refractivity contribution >= 4 is 33.5 Å². The molecule has 3 aromatic carbocycles. The number of alkyl halides is 3. The molecule has 0 fully saturated rings. The fourth-order valence-corrected chi connectivity index (χ4v) is 2.72. The predicted octanol–water partition coefficient (Wildman–Crippen LogP) is 5.56. The van der Waals surface area contributed by atoms with Gasteiger partial charge in [0.15, 0.2) is 0 Å². The average Bonchev–Trinajstić information content (AvgIpc) is 2.63. The molecule has 0 saturated carbocycles. The lowest BCUT2D eigenvalue weighted by Crippen LogP contribution is -2.12. The number of non-ortho nitro benzene ring substituents is 1. The molecule has 0 unspecified atom stereocenters. The average molecular weight is 395 g/mol.